The van der Waals surface area contributed by atoms with Crippen LogP contribution in [0.25, 0.3) is 0 Å². The largest absolute Gasteiger partial charge is 0.493 e. The summed E-state index contributed by atoms with van der Waals surface area (Å²) < 4.78 is 39.3. The standard InChI is InChI=1S/C32H34N6O5S/c33-30(34)24-9-11-25(12-10-24)32(39)37-20-22-5-13-27(14-6-22)42-17-2-18-43-28-15-7-23(8-16-28)21-38-44(40,41)29-4-1-3-26(19-29)31(35)36/h1,3-16,19,38H,2,17-18,20-21H2,(H3,33,34)(H3,35,36)(H,37,39). The molecule has 0 aliphatic carbocycles. The molecule has 0 aliphatic rings. The molecular formula is C32H34N6O5S. The van der Waals surface area contributed by atoms with Crippen LogP contribution in [-0.4, -0.2) is 39.2 Å². The van der Waals surface area contributed by atoms with Crippen LogP contribution >= 0.6 is 0 Å². The van der Waals surface area contributed by atoms with Crippen LogP contribution < -0.4 is 31.0 Å². The molecule has 0 saturated carbocycles. The van der Waals surface area contributed by atoms with Gasteiger partial charge >= 0.3 is 0 Å². The molecule has 8 N–H and O–H groups in total. The van der Waals surface area contributed by atoms with E-state index in [1.807, 2.05) is 24.3 Å². The number of nitrogen functional groups attached to an aromatic ring is 2. The van der Waals surface area contributed by atoms with Gasteiger partial charge in [-0.1, -0.05) is 48.5 Å². The number of amides is 1. The first-order valence-corrected chi connectivity index (χ1v) is 15.2. The Morgan fingerprint density at radius 3 is 1.75 bits per heavy atom. The highest BCUT2D eigenvalue weighted by Crippen LogP contribution is 2.16. The van der Waals surface area contributed by atoms with Gasteiger partial charge in [0.05, 0.1) is 18.1 Å². The van der Waals surface area contributed by atoms with Gasteiger partial charge in [-0.05, 0) is 59.7 Å². The molecule has 1 amide bonds. The Bertz CT molecular complexity index is 1710. The fraction of sp³-hybridized carbons (Fsp3) is 0.156. The normalized spacial score (nSPS) is 11.0. The number of carbonyl (C=O) groups is 1. The minimum absolute atomic E-state index is 0.0437. The molecule has 0 heterocycles. The summed E-state index contributed by atoms with van der Waals surface area (Å²) in [6.07, 6.45) is 0.654. The van der Waals surface area contributed by atoms with Crippen LogP contribution in [0.3, 0.4) is 0 Å². The Hall–Kier alpha value is -5.20. The molecule has 0 spiro atoms. The molecule has 0 unspecified atom stereocenters. The van der Waals surface area contributed by atoms with Crippen molar-refractivity contribution in [2.75, 3.05) is 13.2 Å². The SMILES string of the molecule is N=C(N)c1ccc(C(=O)NCc2ccc(OCCCOc3ccc(CNS(=O)(=O)c4cccc(C(=N)N)c4)cc3)cc2)cc1. The third-order valence-electron chi connectivity index (χ3n) is 6.51. The van der Waals surface area contributed by atoms with Gasteiger partial charge in [-0.2, -0.15) is 0 Å². The number of amidine groups is 2. The summed E-state index contributed by atoms with van der Waals surface area (Å²) in [5.74, 6) is 0.907. The topological polar surface area (TPSA) is 193 Å². The average Bonchev–Trinajstić information content (AvgIpc) is 3.03. The Kier molecular flexibility index (Phi) is 10.7. The van der Waals surface area contributed by atoms with Gasteiger partial charge in [0, 0.05) is 36.2 Å². The van der Waals surface area contributed by atoms with Gasteiger partial charge in [-0.15, -0.1) is 0 Å². The van der Waals surface area contributed by atoms with Crippen LogP contribution in [0.5, 0.6) is 11.5 Å². The fourth-order valence-corrected chi connectivity index (χ4v) is 5.09. The molecule has 12 heteroatoms. The summed E-state index contributed by atoms with van der Waals surface area (Å²) in [6, 6.07) is 27.1. The third kappa shape index (κ3) is 9.15. The van der Waals surface area contributed by atoms with E-state index >= 15 is 0 Å². The van der Waals surface area contributed by atoms with Gasteiger partial charge in [-0.3, -0.25) is 15.6 Å². The lowest BCUT2D eigenvalue weighted by atomic mass is 10.1. The lowest BCUT2D eigenvalue weighted by molar-refractivity contribution is 0.0951. The second kappa shape index (κ2) is 14.8. The minimum atomic E-state index is -3.76. The van der Waals surface area contributed by atoms with Gasteiger partial charge in [0.25, 0.3) is 5.91 Å². The minimum Gasteiger partial charge on any atom is -0.493 e. The first-order valence-electron chi connectivity index (χ1n) is 13.7. The number of nitrogens with two attached hydrogens (primary N) is 2. The molecule has 0 atom stereocenters. The molecule has 0 aromatic heterocycles. The number of hydrogen-bond acceptors (Lipinski definition) is 7. The summed E-state index contributed by atoms with van der Waals surface area (Å²) in [5.41, 5.74) is 14.0. The third-order valence-corrected chi connectivity index (χ3v) is 7.90. The highest BCUT2D eigenvalue weighted by molar-refractivity contribution is 7.89. The number of hydrogen-bond donors (Lipinski definition) is 6. The first-order chi connectivity index (χ1) is 21.1. The average molecular weight is 615 g/mol. The van der Waals surface area contributed by atoms with Crippen LogP contribution in [0, 0.1) is 10.8 Å². The summed E-state index contributed by atoms with van der Waals surface area (Å²) in [6.45, 7) is 1.36. The lowest BCUT2D eigenvalue weighted by Gasteiger charge is -2.10. The molecule has 0 fully saturated rings. The van der Waals surface area contributed by atoms with Crippen molar-refractivity contribution >= 4 is 27.6 Å². The van der Waals surface area contributed by atoms with Gasteiger partial charge in [0.1, 0.15) is 23.2 Å². The van der Waals surface area contributed by atoms with E-state index in [9.17, 15) is 13.2 Å². The zero-order chi connectivity index (χ0) is 31.5. The number of nitrogens with one attached hydrogen (secondary N) is 4. The van der Waals surface area contributed by atoms with Crippen molar-refractivity contribution < 1.29 is 22.7 Å². The van der Waals surface area contributed by atoms with Crippen LogP contribution in [0.4, 0.5) is 0 Å². The summed E-state index contributed by atoms with van der Waals surface area (Å²) in [4.78, 5) is 12.4. The fourth-order valence-electron chi connectivity index (χ4n) is 4.02. The van der Waals surface area contributed by atoms with Crippen LogP contribution in [-0.2, 0) is 23.1 Å². The summed E-state index contributed by atoms with van der Waals surface area (Å²) in [5, 5.41) is 17.8. The Balaban J connectivity index is 1.13. The van der Waals surface area contributed by atoms with Gasteiger partial charge in [-0.25, -0.2) is 13.1 Å². The van der Waals surface area contributed by atoms with Crippen molar-refractivity contribution in [3.63, 3.8) is 0 Å². The monoisotopic (exact) mass is 614 g/mol. The molecule has 228 valence electrons. The Morgan fingerprint density at radius 1 is 0.682 bits per heavy atom. The van der Waals surface area contributed by atoms with E-state index in [0.717, 1.165) is 11.1 Å². The molecule has 4 aromatic carbocycles. The summed E-state index contributed by atoms with van der Waals surface area (Å²) in [7, 11) is -3.76. The Morgan fingerprint density at radius 2 is 1.20 bits per heavy atom. The highest BCUT2D eigenvalue weighted by Gasteiger charge is 2.15. The maximum Gasteiger partial charge on any atom is 0.251 e. The van der Waals surface area contributed by atoms with Crippen molar-refractivity contribution in [2.45, 2.75) is 24.4 Å². The maximum atomic E-state index is 12.6. The molecule has 0 aliphatic heterocycles. The smallest absolute Gasteiger partial charge is 0.251 e. The number of carbonyl (C=O) groups excluding carboxylic acids is 1. The maximum absolute atomic E-state index is 12.6. The molecule has 4 rings (SSSR count). The van der Waals surface area contributed by atoms with Crippen molar-refractivity contribution in [1.29, 1.82) is 10.8 Å². The first kappa shape index (κ1) is 31.7. The van der Waals surface area contributed by atoms with Crippen molar-refractivity contribution in [3.05, 3.63) is 125 Å². The van der Waals surface area contributed by atoms with E-state index in [2.05, 4.69) is 10.0 Å². The van der Waals surface area contributed by atoms with Crippen LogP contribution in [0.1, 0.15) is 39.0 Å². The van der Waals surface area contributed by atoms with Gasteiger partial charge < -0.3 is 26.3 Å². The molecule has 0 saturated heterocycles. The quantitative estimate of drug-likeness (QED) is 0.0670. The van der Waals surface area contributed by atoms with E-state index in [1.54, 1.807) is 60.7 Å². The molecule has 44 heavy (non-hydrogen) atoms. The predicted octanol–water partition coefficient (Wildman–Crippen LogP) is 3.51. The molecule has 0 bridgehead atoms. The number of benzene rings is 4. The zero-order valence-electron chi connectivity index (χ0n) is 23.9. The summed E-state index contributed by atoms with van der Waals surface area (Å²) >= 11 is 0. The Labute approximate surface area is 256 Å². The number of rotatable bonds is 15. The van der Waals surface area contributed by atoms with Crippen molar-refractivity contribution in [1.82, 2.24) is 10.0 Å². The predicted molar refractivity (Wildman–Crippen MR) is 169 cm³/mol. The zero-order valence-corrected chi connectivity index (χ0v) is 24.7. The van der Waals surface area contributed by atoms with E-state index < -0.39 is 10.0 Å². The van der Waals surface area contributed by atoms with Crippen LogP contribution in [0.15, 0.2) is 102 Å². The van der Waals surface area contributed by atoms with E-state index in [0.29, 0.717) is 54.4 Å². The van der Waals surface area contributed by atoms with Crippen LogP contribution in [0.2, 0.25) is 0 Å². The second-order valence-corrected chi connectivity index (χ2v) is 11.5. The van der Waals surface area contributed by atoms with Gasteiger partial charge in [0.15, 0.2) is 0 Å². The van der Waals surface area contributed by atoms with Gasteiger partial charge in [0.2, 0.25) is 10.0 Å². The second-order valence-electron chi connectivity index (χ2n) is 9.78. The van der Waals surface area contributed by atoms with E-state index in [4.69, 9.17) is 31.8 Å². The molecular weight excluding hydrogens is 580 g/mol. The van der Waals surface area contributed by atoms with E-state index in [1.165, 1.54) is 12.1 Å². The molecule has 11 nitrogen and oxygen atoms in total. The van der Waals surface area contributed by atoms with Crippen molar-refractivity contribution in [3.8, 4) is 11.5 Å². The lowest BCUT2D eigenvalue weighted by Crippen LogP contribution is -2.23. The molecule has 0 radical (unpaired) electrons. The molecule has 4 aromatic rings. The number of ether oxygens (including phenoxy) is 2. The highest BCUT2D eigenvalue weighted by atomic mass is 32.2. The van der Waals surface area contributed by atoms with E-state index in [-0.39, 0.29) is 29.0 Å². The number of sulfonamides is 1. The van der Waals surface area contributed by atoms with Crippen molar-refractivity contribution in [2.24, 2.45) is 11.5 Å².